The number of alkyl carbamates (subject to hydrolysis) is 1. The summed E-state index contributed by atoms with van der Waals surface area (Å²) in [6.07, 6.45) is -0.868. The van der Waals surface area contributed by atoms with E-state index in [1.165, 1.54) is 6.92 Å². The van der Waals surface area contributed by atoms with Gasteiger partial charge in [-0.1, -0.05) is 67.6 Å². The molecule has 2 aromatic rings. The van der Waals surface area contributed by atoms with Crippen LogP contribution in [-0.2, 0) is 46.4 Å². The fraction of sp³-hybridized carbons (Fsp3) is 0.346. The SMILES string of the molecule is COC(=O)C(C(=O)OC)[C@H](C)[C@@H](NC(=O)[C@H](Cc1ccccc1)NC(=O)OCc1ccccc1)C(=O)O. The van der Waals surface area contributed by atoms with Gasteiger partial charge in [-0.15, -0.1) is 0 Å². The van der Waals surface area contributed by atoms with Crippen LogP contribution in [0.25, 0.3) is 0 Å². The first kappa shape index (κ1) is 28.8. The highest BCUT2D eigenvalue weighted by atomic mass is 16.6. The minimum absolute atomic E-state index is 0.0191. The number of rotatable bonds is 12. The van der Waals surface area contributed by atoms with Crippen molar-refractivity contribution in [1.29, 1.82) is 0 Å². The zero-order chi connectivity index (χ0) is 27.4. The summed E-state index contributed by atoms with van der Waals surface area (Å²) in [6.45, 7) is 1.26. The largest absolute Gasteiger partial charge is 0.480 e. The number of carboxylic acid groups (broad SMARTS) is 1. The van der Waals surface area contributed by atoms with E-state index < -0.39 is 53.8 Å². The van der Waals surface area contributed by atoms with E-state index in [9.17, 15) is 29.1 Å². The molecular weight excluding hydrogens is 484 g/mol. The summed E-state index contributed by atoms with van der Waals surface area (Å²) < 4.78 is 14.4. The fourth-order valence-electron chi connectivity index (χ4n) is 3.61. The van der Waals surface area contributed by atoms with Crippen molar-refractivity contribution in [2.45, 2.75) is 32.0 Å². The van der Waals surface area contributed by atoms with Gasteiger partial charge in [0.05, 0.1) is 14.2 Å². The van der Waals surface area contributed by atoms with Crippen molar-refractivity contribution in [2.75, 3.05) is 14.2 Å². The minimum Gasteiger partial charge on any atom is -0.480 e. The Morgan fingerprint density at radius 1 is 0.811 bits per heavy atom. The van der Waals surface area contributed by atoms with Crippen LogP contribution in [0.1, 0.15) is 18.1 Å². The quantitative estimate of drug-likeness (QED) is 0.218. The van der Waals surface area contributed by atoms with Crippen LogP contribution in [0.4, 0.5) is 4.79 Å². The van der Waals surface area contributed by atoms with E-state index in [-0.39, 0.29) is 13.0 Å². The molecular formula is C26H30N2O9. The highest BCUT2D eigenvalue weighted by molar-refractivity contribution is 5.96. The molecule has 2 aromatic carbocycles. The average molecular weight is 515 g/mol. The molecule has 0 aliphatic rings. The molecule has 0 radical (unpaired) electrons. The van der Waals surface area contributed by atoms with Crippen molar-refractivity contribution in [3.8, 4) is 0 Å². The number of carbonyl (C=O) groups excluding carboxylic acids is 4. The standard InChI is InChI=1S/C26H30N2O9/c1-16(20(24(32)35-2)25(33)36-3)21(23(30)31)28-22(29)19(14-17-10-6-4-7-11-17)27-26(34)37-15-18-12-8-5-9-13-18/h4-13,16,19-21H,14-15H2,1-3H3,(H,27,34)(H,28,29)(H,30,31)/t16-,19-,21+/m0/s1. The Kier molecular flexibility index (Phi) is 11.1. The summed E-state index contributed by atoms with van der Waals surface area (Å²) in [7, 11) is 2.08. The second kappa shape index (κ2) is 14.2. The molecule has 0 aliphatic carbocycles. The number of ether oxygens (including phenoxy) is 3. The number of amides is 2. The van der Waals surface area contributed by atoms with E-state index >= 15 is 0 Å². The second-order valence-corrected chi connectivity index (χ2v) is 8.16. The molecule has 2 amide bonds. The van der Waals surface area contributed by atoms with Gasteiger partial charge in [0, 0.05) is 12.3 Å². The summed E-state index contributed by atoms with van der Waals surface area (Å²) in [5.74, 6) is -7.22. The monoisotopic (exact) mass is 514 g/mol. The first-order valence-electron chi connectivity index (χ1n) is 11.4. The molecule has 0 fully saturated rings. The Hall–Kier alpha value is -4.41. The molecule has 0 aliphatic heterocycles. The van der Waals surface area contributed by atoms with Crippen LogP contribution in [0.3, 0.4) is 0 Å². The Balaban J connectivity index is 2.22. The van der Waals surface area contributed by atoms with Gasteiger partial charge in [0.25, 0.3) is 0 Å². The molecule has 11 nitrogen and oxygen atoms in total. The second-order valence-electron chi connectivity index (χ2n) is 8.16. The molecule has 3 atom stereocenters. The van der Waals surface area contributed by atoms with Gasteiger partial charge >= 0.3 is 24.0 Å². The Bertz CT molecular complexity index is 1060. The van der Waals surface area contributed by atoms with E-state index in [4.69, 9.17) is 4.74 Å². The van der Waals surface area contributed by atoms with Gasteiger partial charge in [0.2, 0.25) is 5.91 Å². The maximum absolute atomic E-state index is 13.2. The molecule has 37 heavy (non-hydrogen) atoms. The van der Waals surface area contributed by atoms with Crippen molar-refractivity contribution in [2.24, 2.45) is 11.8 Å². The van der Waals surface area contributed by atoms with Crippen molar-refractivity contribution in [1.82, 2.24) is 10.6 Å². The van der Waals surface area contributed by atoms with Crippen LogP contribution in [-0.4, -0.2) is 61.3 Å². The molecule has 0 saturated heterocycles. The lowest BCUT2D eigenvalue weighted by atomic mass is 9.87. The van der Waals surface area contributed by atoms with Crippen molar-refractivity contribution < 1.29 is 43.3 Å². The number of methoxy groups -OCH3 is 2. The lowest BCUT2D eigenvalue weighted by Gasteiger charge is -2.27. The molecule has 0 unspecified atom stereocenters. The first-order valence-corrected chi connectivity index (χ1v) is 11.4. The number of carboxylic acids is 1. The fourth-order valence-corrected chi connectivity index (χ4v) is 3.61. The Morgan fingerprint density at radius 2 is 1.32 bits per heavy atom. The van der Waals surface area contributed by atoms with Gasteiger partial charge in [-0.25, -0.2) is 9.59 Å². The lowest BCUT2D eigenvalue weighted by Crippen LogP contribution is -2.56. The van der Waals surface area contributed by atoms with E-state index in [1.807, 2.05) is 6.07 Å². The smallest absolute Gasteiger partial charge is 0.408 e. The zero-order valence-electron chi connectivity index (χ0n) is 20.7. The van der Waals surface area contributed by atoms with Crippen molar-refractivity contribution in [3.63, 3.8) is 0 Å². The van der Waals surface area contributed by atoms with Gasteiger partial charge in [0.15, 0.2) is 5.92 Å². The molecule has 0 heterocycles. The lowest BCUT2D eigenvalue weighted by molar-refractivity contribution is -0.163. The molecule has 3 N–H and O–H groups in total. The third kappa shape index (κ3) is 8.64. The summed E-state index contributed by atoms with van der Waals surface area (Å²) in [5.41, 5.74) is 1.42. The van der Waals surface area contributed by atoms with Crippen molar-refractivity contribution in [3.05, 3.63) is 71.8 Å². The first-order chi connectivity index (χ1) is 17.7. The number of esters is 2. The van der Waals surface area contributed by atoms with Crippen LogP contribution >= 0.6 is 0 Å². The van der Waals surface area contributed by atoms with Crippen LogP contribution in [0.15, 0.2) is 60.7 Å². The Labute approximate surface area is 214 Å². The molecule has 2 rings (SSSR count). The topological polar surface area (TPSA) is 157 Å². The predicted octanol–water partition coefficient (Wildman–Crippen LogP) is 1.69. The number of hydrogen-bond acceptors (Lipinski definition) is 8. The van der Waals surface area contributed by atoms with E-state index in [1.54, 1.807) is 54.6 Å². The molecule has 0 aromatic heterocycles. The number of carbonyl (C=O) groups is 5. The summed E-state index contributed by atoms with van der Waals surface area (Å²) >= 11 is 0. The summed E-state index contributed by atoms with van der Waals surface area (Å²) in [6, 6.07) is 14.7. The molecule has 198 valence electrons. The van der Waals surface area contributed by atoms with Crippen LogP contribution in [0.5, 0.6) is 0 Å². The highest BCUT2D eigenvalue weighted by Crippen LogP contribution is 2.20. The van der Waals surface area contributed by atoms with Crippen LogP contribution in [0.2, 0.25) is 0 Å². The molecule has 11 heteroatoms. The van der Waals surface area contributed by atoms with Gasteiger partial charge in [-0.05, 0) is 11.1 Å². The van der Waals surface area contributed by atoms with E-state index in [2.05, 4.69) is 20.1 Å². The summed E-state index contributed by atoms with van der Waals surface area (Å²) in [5, 5.41) is 14.6. The van der Waals surface area contributed by atoms with Crippen LogP contribution in [0, 0.1) is 11.8 Å². The van der Waals surface area contributed by atoms with Gasteiger partial charge in [0.1, 0.15) is 18.7 Å². The van der Waals surface area contributed by atoms with Gasteiger partial charge < -0.3 is 30.0 Å². The van der Waals surface area contributed by atoms with Crippen LogP contribution < -0.4 is 10.6 Å². The van der Waals surface area contributed by atoms with Gasteiger partial charge in [-0.3, -0.25) is 14.4 Å². The van der Waals surface area contributed by atoms with E-state index in [0.717, 1.165) is 19.8 Å². The molecule has 0 spiro atoms. The maximum Gasteiger partial charge on any atom is 0.408 e. The molecule has 0 saturated carbocycles. The number of benzene rings is 2. The molecule has 0 bridgehead atoms. The minimum atomic E-state index is -1.68. The van der Waals surface area contributed by atoms with Gasteiger partial charge in [-0.2, -0.15) is 0 Å². The average Bonchev–Trinajstić information content (AvgIpc) is 2.90. The normalized spacial score (nSPS) is 13.0. The highest BCUT2D eigenvalue weighted by Gasteiger charge is 2.42. The third-order valence-corrected chi connectivity index (χ3v) is 5.63. The predicted molar refractivity (Wildman–Crippen MR) is 130 cm³/mol. The zero-order valence-corrected chi connectivity index (χ0v) is 20.7. The third-order valence-electron chi connectivity index (χ3n) is 5.63. The van der Waals surface area contributed by atoms with Crippen molar-refractivity contribution >= 4 is 29.9 Å². The summed E-state index contributed by atoms with van der Waals surface area (Å²) in [4.78, 5) is 62.1. The number of aliphatic carboxylic acids is 1. The maximum atomic E-state index is 13.2. The number of hydrogen-bond donors (Lipinski definition) is 3. The Morgan fingerprint density at radius 3 is 1.81 bits per heavy atom. The van der Waals surface area contributed by atoms with E-state index in [0.29, 0.717) is 5.56 Å². The number of nitrogens with one attached hydrogen (secondary N) is 2.